The molecule has 0 bridgehead atoms. The van der Waals surface area contributed by atoms with Crippen molar-refractivity contribution < 1.29 is 14.1 Å². The number of carbonyl (C=O) groups is 1. The Morgan fingerprint density at radius 2 is 2.39 bits per heavy atom. The van der Waals surface area contributed by atoms with E-state index in [0.29, 0.717) is 24.6 Å². The maximum absolute atomic E-state index is 12.8. The highest BCUT2D eigenvalue weighted by atomic mass is 16.5. The Kier molecular flexibility index (Phi) is 4.66. The Morgan fingerprint density at radius 3 is 3.13 bits per heavy atom. The van der Waals surface area contributed by atoms with E-state index >= 15 is 0 Å². The molecule has 0 N–H and O–H groups in total. The van der Waals surface area contributed by atoms with Crippen molar-refractivity contribution in [3.63, 3.8) is 0 Å². The quantitative estimate of drug-likeness (QED) is 0.857. The fourth-order valence-electron chi connectivity index (χ4n) is 2.97. The number of hydrogen-bond acceptors (Lipinski definition) is 6. The average Bonchev–Trinajstić information content (AvgIpc) is 2.96. The fourth-order valence-corrected chi connectivity index (χ4v) is 2.97. The second kappa shape index (κ2) is 6.87. The van der Waals surface area contributed by atoms with Crippen molar-refractivity contribution in [3.8, 4) is 0 Å². The van der Waals surface area contributed by atoms with Crippen LogP contribution in [0.25, 0.3) is 0 Å². The molecule has 0 aromatic carbocycles. The van der Waals surface area contributed by atoms with Crippen LogP contribution in [-0.2, 0) is 11.3 Å². The number of hydrogen-bond donors (Lipinski definition) is 0. The molecular weight excluding hydrogens is 296 g/mol. The normalized spacial score (nSPS) is 18.2. The van der Waals surface area contributed by atoms with Gasteiger partial charge in [-0.3, -0.25) is 4.79 Å². The molecule has 3 rings (SSSR count). The highest BCUT2D eigenvalue weighted by Crippen LogP contribution is 2.27. The Morgan fingerprint density at radius 1 is 1.52 bits per heavy atom. The zero-order chi connectivity index (χ0) is 16.2. The zero-order valence-corrected chi connectivity index (χ0v) is 13.4. The molecule has 7 nitrogen and oxygen atoms in total. The van der Waals surface area contributed by atoms with Crippen LogP contribution in [0.3, 0.4) is 0 Å². The first-order chi connectivity index (χ1) is 11.2. The van der Waals surface area contributed by atoms with E-state index in [0.717, 1.165) is 30.6 Å². The minimum atomic E-state index is -0.104. The van der Waals surface area contributed by atoms with Gasteiger partial charge >= 0.3 is 0 Å². The third-order valence-corrected chi connectivity index (χ3v) is 4.21. The summed E-state index contributed by atoms with van der Waals surface area (Å²) in [7, 11) is 1.59. The van der Waals surface area contributed by atoms with Crippen molar-refractivity contribution >= 4 is 5.91 Å². The fraction of sp³-hybridized carbons (Fsp3) is 0.500. The molecule has 23 heavy (non-hydrogen) atoms. The van der Waals surface area contributed by atoms with Gasteiger partial charge < -0.3 is 14.2 Å². The molecule has 3 heterocycles. The van der Waals surface area contributed by atoms with E-state index in [-0.39, 0.29) is 11.8 Å². The van der Waals surface area contributed by atoms with Gasteiger partial charge in [0.15, 0.2) is 5.69 Å². The molecule has 1 aliphatic rings. The Bertz CT molecular complexity index is 671. The largest absolute Gasteiger partial charge is 0.380 e. The van der Waals surface area contributed by atoms with Crippen molar-refractivity contribution in [3.05, 3.63) is 41.3 Å². The number of ether oxygens (including phenoxy) is 1. The molecule has 1 atom stereocenters. The van der Waals surface area contributed by atoms with Gasteiger partial charge in [-0.05, 0) is 25.8 Å². The van der Waals surface area contributed by atoms with E-state index in [9.17, 15) is 4.79 Å². The molecule has 1 unspecified atom stereocenters. The van der Waals surface area contributed by atoms with Crippen LogP contribution in [0.1, 0.15) is 46.3 Å². The number of methoxy groups -OCH3 is 1. The van der Waals surface area contributed by atoms with Crippen molar-refractivity contribution in [2.75, 3.05) is 20.2 Å². The standard InChI is InChI=1S/C16H20N4O3/c1-11-13(9-22-2)15(19-23-11)16(21)20-7-3-4-12(8-20)14-5-6-17-10-18-14/h5-6,10,12H,3-4,7-9H2,1-2H3. The summed E-state index contributed by atoms with van der Waals surface area (Å²) in [4.78, 5) is 22.9. The van der Waals surface area contributed by atoms with E-state index in [1.165, 1.54) is 0 Å². The molecule has 7 heteroatoms. The molecular formula is C16H20N4O3. The van der Waals surface area contributed by atoms with Crippen LogP contribution in [-0.4, -0.2) is 46.1 Å². The average molecular weight is 316 g/mol. The highest BCUT2D eigenvalue weighted by Gasteiger charge is 2.30. The van der Waals surface area contributed by atoms with Crippen LogP contribution in [0.15, 0.2) is 23.1 Å². The van der Waals surface area contributed by atoms with Gasteiger partial charge in [0, 0.05) is 38.0 Å². The number of aryl methyl sites for hydroxylation is 1. The van der Waals surface area contributed by atoms with Crippen LogP contribution in [0, 0.1) is 6.92 Å². The maximum Gasteiger partial charge on any atom is 0.276 e. The SMILES string of the molecule is COCc1c(C(=O)N2CCCC(c3ccncn3)C2)noc1C. The summed E-state index contributed by atoms with van der Waals surface area (Å²) in [5, 5.41) is 3.94. The third-order valence-electron chi connectivity index (χ3n) is 4.21. The number of carbonyl (C=O) groups excluding carboxylic acids is 1. The van der Waals surface area contributed by atoms with Crippen molar-refractivity contribution in [2.45, 2.75) is 32.3 Å². The van der Waals surface area contributed by atoms with Gasteiger partial charge in [-0.15, -0.1) is 0 Å². The molecule has 122 valence electrons. The number of piperidine rings is 1. The summed E-state index contributed by atoms with van der Waals surface area (Å²) in [6.45, 7) is 3.46. The van der Waals surface area contributed by atoms with Gasteiger partial charge in [0.05, 0.1) is 12.2 Å². The lowest BCUT2D eigenvalue weighted by Crippen LogP contribution is -2.39. The van der Waals surface area contributed by atoms with Crippen LogP contribution in [0.4, 0.5) is 0 Å². The molecule has 0 radical (unpaired) electrons. The summed E-state index contributed by atoms with van der Waals surface area (Å²) in [6.07, 6.45) is 5.25. The molecule has 0 saturated carbocycles. The lowest BCUT2D eigenvalue weighted by Gasteiger charge is -2.32. The lowest BCUT2D eigenvalue weighted by atomic mass is 9.94. The van der Waals surface area contributed by atoms with Gasteiger partial charge in [0.1, 0.15) is 12.1 Å². The summed E-state index contributed by atoms with van der Waals surface area (Å²) >= 11 is 0. The number of likely N-dealkylation sites (tertiary alicyclic amines) is 1. The van der Waals surface area contributed by atoms with Gasteiger partial charge in [0.25, 0.3) is 5.91 Å². The molecule has 1 amide bonds. The van der Waals surface area contributed by atoms with Crippen LogP contribution >= 0.6 is 0 Å². The molecule has 2 aromatic rings. The summed E-state index contributed by atoms with van der Waals surface area (Å²) < 4.78 is 10.3. The van der Waals surface area contributed by atoms with Crippen molar-refractivity contribution in [1.82, 2.24) is 20.0 Å². The molecule has 2 aromatic heterocycles. The molecule has 1 saturated heterocycles. The number of rotatable bonds is 4. The maximum atomic E-state index is 12.8. The minimum absolute atomic E-state index is 0.104. The van der Waals surface area contributed by atoms with Gasteiger partial charge in [-0.1, -0.05) is 5.16 Å². The smallest absolute Gasteiger partial charge is 0.276 e. The Balaban J connectivity index is 1.77. The first kappa shape index (κ1) is 15.6. The second-order valence-electron chi connectivity index (χ2n) is 5.72. The van der Waals surface area contributed by atoms with E-state index < -0.39 is 0 Å². The van der Waals surface area contributed by atoms with Crippen molar-refractivity contribution in [1.29, 1.82) is 0 Å². The highest BCUT2D eigenvalue weighted by molar-refractivity contribution is 5.93. The number of amides is 1. The first-order valence-corrected chi connectivity index (χ1v) is 7.70. The van der Waals surface area contributed by atoms with Crippen LogP contribution < -0.4 is 0 Å². The van der Waals surface area contributed by atoms with E-state index in [1.807, 2.05) is 11.0 Å². The van der Waals surface area contributed by atoms with Gasteiger partial charge in [-0.2, -0.15) is 0 Å². The van der Waals surface area contributed by atoms with Crippen molar-refractivity contribution in [2.24, 2.45) is 0 Å². The van der Waals surface area contributed by atoms with E-state index in [1.54, 1.807) is 26.6 Å². The van der Waals surface area contributed by atoms with E-state index in [2.05, 4.69) is 15.1 Å². The van der Waals surface area contributed by atoms with Gasteiger partial charge in [-0.25, -0.2) is 9.97 Å². The van der Waals surface area contributed by atoms with Crippen LogP contribution in [0.5, 0.6) is 0 Å². The number of nitrogens with zero attached hydrogens (tertiary/aromatic N) is 4. The predicted octanol–water partition coefficient (Wildman–Crippen LogP) is 1.94. The molecule has 1 aliphatic heterocycles. The lowest BCUT2D eigenvalue weighted by molar-refractivity contribution is 0.0691. The summed E-state index contributed by atoms with van der Waals surface area (Å²) in [6, 6.07) is 1.91. The first-order valence-electron chi connectivity index (χ1n) is 7.70. The summed E-state index contributed by atoms with van der Waals surface area (Å²) in [5.74, 6) is 0.752. The molecule has 0 aliphatic carbocycles. The van der Waals surface area contributed by atoms with E-state index in [4.69, 9.17) is 9.26 Å². The minimum Gasteiger partial charge on any atom is -0.380 e. The monoisotopic (exact) mass is 316 g/mol. The zero-order valence-electron chi connectivity index (χ0n) is 13.4. The van der Waals surface area contributed by atoms with Crippen LogP contribution in [0.2, 0.25) is 0 Å². The Labute approximate surface area is 134 Å². The molecule has 1 fully saturated rings. The van der Waals surface area contributed by atoms with Gasteiger partial charge in [0.2, 0.25) is 0 Å². The summed E-state index contributed by atoms with van der Waals surface area (Å²) in [5.41, 5.74) is 2.06. The second-order valence-corrected chi connectivity index (χ2v) is 5.72. The predicted molar refractivity (Wildman–Crippen MR) is 81.9 cm³/mol. The molecule has 0 spiro atoms. The topological polar surface area (TPSA) is 81.4 Å². The number of aromatic nitrogens is 3. The Hall–Kier alpha value is -2.28. The third kappa shape index (κ3) is 3.24.